The fourth-order valence-electron chi connectivity index (χ4n) is 1.33. The zero-order valence-corrected chi connectivity index (χ0v) is 8.74. The Bertz CT molecular complexity index is 347. The van der Waals surface area contributed by atoms with Crippen LogP contribution in [0.3, 0.4) is 0 Å². The Kier molecular flexibility index (Phi) is 3.23. The Hall–Kier alpha value is -1.38. The van der Waals surface area contributed by atoms with Gasteiger partial charge in [-0.15, -0.1) is 0 Å². The van der Waals surface area contributed by atoms with E-state index < -0.39 is 5.97 Å². The molecular formula is C11H15NO2. The number of carboxylic acid groups (broad SMARTS) is 1. The summed E-state index contributed by atoms with van der Waals surface area (Å²) in [4.78, 5) is 14.8. The van der Waals surface area contributed by atoms with Crippen molar-refractivity contribution >= 4 is 5.97 Å². The van der Waals surface area contributed by atoms with E-state index in [1.54, 1.807) is 13.1 Å². The van der Waals surface area contributed by atoms with E-state index in [-0.39, 0.29) is 5.92 Å². The van der Waals surface area contributed by atoms with E-state index in [2.05, 4.69) is 4.98 Å². The first-order valence-corrected chi connectivity index (χ1v) is 4.66. The van der Waals surface area contributed by atoms with Gasteiger partial charge in [0.1, 0.15) is 0 Å². The topological polar surface area (TPSA) is 50.2 Å². The number of carboxylic acids is 1. The van der Waals surface area contributed by atoms with Crippen LogP contribution >= 0.6 is 0 Å². The number of hydrogen-bond acceptors (Lipinski definition) is 2. The summed E-state index contributed by atoms with van der Waals surface area (Å²) in [6.45, 7) is 5.63. The van der Waals surface area contributed by atoms with Gasteiger partial charge in [-0.2, -0.15) is 0 Å². The highest BCUT2D eigenvalue weighted by molar-refractivity contribution is 5.70. The van der Waals surface area contributed by atoms with Gasteiger partial charge >= 0.3 is 5.97 Å². The van der Waals surface area contributed by atoms with Crippen molar-refractivity contribution in [3.63, 3.8) is 0 Å². The van der Waals surface area contributed by atoms with Crippen molar-refractivity contribution in [3.8, 4) is 0 Å². The van der Waals surface area contributed by atoms with Gasteiger partial charge in [-0.25, -0.2) is 0 Å². The molecule has 1 aromatic heterocycles. The van der Waals surface area contributed by atoms with Crippen molar-refractivity contribution in [2.45, 2.75) is 27.2 Å². The van der Waals surface area contributed by atoms with Crippen LogP contribution in [0.25, 0.3) is 0 Å². The molecule has 0 aromatic carbocycles. The van der Waals surface area contributed by atoms with Crippen LogP contribution in [0, 0.1) is 19.8 Å². The molecule has 0 aliphatic rings. The van der Waals surface area contributed by atoms with Gasteiger partial charge in [-0.3, -0.25) is 9.78 Å². The summed E-state index contributed by atoms with van der Waals surface area (Å²) in [6.07, 6.45) is 2.30. The number of carbonyl (C=O) groups is 1. The number of aryl methyl sites for hydroxylation is 1. The van der Waals surface area contributed by atoms with Crippen molar-refractivity contribution in [1.29, 1.82) is 0 Å². The van der Waals surface area contributed by atoms with E-state index in [1.807, 2.05) is 19.9 Å². The van der Waals surface area contributed by atoms with Crippen LogP contribution < -0.4 is 0 Å². The van der Waals surface area contributed by atoms with Gasteiger partial charge in [-0.05, 0) is 37.5 Å². The highest BCUT2D eigenvalue weighted by Crippen LogP contribution is 2.14. The fraction of sp³-hybridized carbons (Fsp3) is 0.455. The van der Waals surface area contributed by atoms with Crippen molar-refractivity contribution in [1.82, 2.24) is 4.98 Å². The first kappa shape index (κ1) is 10.7. The Balaban J connectivity index is 2.87. The molecular weight excluding hydrogens is 178 g/mol. The van der Waals surface area contributed by atoms with Crippen LogP contribution in [-0.4, -0.2) is 16.1 Å². The number of hydrogen-bond donors (Lipinski definition) is 1. The van der Waals surface area contributed by atoms with Gasteiger partial charge in [0.25, 0.3) is 0 Å². The lowest BCUT2D eigenvalue weighted by Crippen LogP contribution is -2.13. The molecule has 0 saturated heterocycles. The Labute approximate surface area is 83.8 Å². The number of aromatic nitrogens is 1. The summed E-state index contributed by atoms with van der Waals surface area (Å²) >= 11 is 0. The average molecular weight is 193 g/mol. The number of rotatable bonds is 3. The summed E-state index contributed by atoms with van der Waals surface area (Å²) < 4.78 is 0. The lowest BCUT2D eigenvalue weighted by molar-refractivity contribution is -0.141. The molecule has 1 heterocycles. The van der Waals surface area contributed by atoms with Crippen LogP contribution in [0.1, 0.15) is 23.7 Å². The lowest BCUT2D eigenvalue weighted by Gasteiger charge is -2.10. The SMILES string of the molecule is Cc1nccc(CC(C)C(=O)O)c1C. The van der Waals surface area contributed by atoms with Crippen molar-refractivity contribution in [2.75, 3.05) is 0 Å². The average Bonchev–Trinajstić information content (AvgIpc) is 2.12. The molecule has 0 fully saturated rings. The summed E-state index contributed by atoms with van der Waals surface area (Å²) in [5, 5.41) is 8.79. The minimum atomic E-state index is -0.751. The molecule has 0 aliphatic heterocycles. The van der Waals surface area contributed by atoms with Gasteiger partial charge in [0.2, 0.25) is 0 Å². The van der Waals surface area contributed by atoms with Crippen molar-refractivity contribution in [3.05, 3.63) is 29.1 Å². The van der Waals surface area contributed by atoms with Gasteiger partial charge < -0.3 is 5.11 Å². The van der Waals surface area contributed by atoms with E-state index in [9.17, 15) is 4.79 Å². The second kappa shape index (κ2) is 4.22. The summed E-state index contributed by atoms with van der Waals surface area (Å²) in [5.41, 5.74) is 3.15. The molecule has 3 nitrogen and oxygen atoms in total. The van der Waals surface area contributed by atoms with Crippen molar-refractivity contribution < 1.29 is 9.90 Å². The van der Waals surface area contributed by atoms with Gasteiger partial charge in [0, 0.05) is 11.9 Å². The van der Waals surface area contributed by atoms with Crippen LogP contribution in [-0.2, 0) is 11.2 Å². The molecule has 0 spiro atoms. The maximum Gasteiger partial charge on any atom is 0.306 e. The molecule has 1 rings (SSSR count). The molecule has 76 valence electrons. The number of nitrogens with zero attached hydrogens (tertiary/aromatic N) is 1. The number of pyridine rings is 1. The Morgan fingerprint density at radius 2 is 2.21 bits per heavy atom. The Morgan fingerprint density at radius 3 is 2.79 bits per heavy atom. The second-order valence-electron chi connectivity index (χ2n) is 3.62. The summed E-state index contributed by atoms with van der Waals surface area (Å²) in [7, 11) is 0. The largest absolute Gasteiger partial charge is 0.481 e. The summed E-state index contributed by atoms with van der Waals surface area (Å²) in [5.74, 6) is -1.09. The molecule has 1 atom stereocenters. The fourth-order valence-corrected chi connectivity index (χ4v) is 1.33. The summed E-state index contributed by atoms with van der Waals surface area (Å²) in [6, 6.07) is 1.89. The smallest absolute Gasteiger partial charge is 0.306 e. The predicted octanol–water partition coefficient (Wildman–Crippen LogP) is 1.96. The molecule has 1 unspecified atom stereocenters. The first-order valence-electron chi connectivity index (χ1n) is 4.66. The molecule has 0 aliphatic carbocycles. The lowest BCUT2D eigenvalue weighted by atomic mass is 9.98. The zero-order chi connectivity index (χ0) is 10.7. The zero-order valence-electron chi connectivity index (χ0n) is 8.74. The minimum Gasteiger partial charge on any atom is -0.481 e. The monoisotopic (exact) mass is 193 g/mol. The second-order valence-corrected chi connectivity index (χ2v) is 3.62. The van der Waals surface area contributed by atoms with E-state index in [0.29, 0.717) is 6.42 Å². The first-order chi connectivity index (χ1) is 6.52. The van der Waals surface area contributed by atoms with Crippen molar-refractivity contribution in [2.24, 2.45) is 5.92 Å². The molecule has 1 aromatic rings. The molecule has 0 saturated carbocycles. The maximum atomic E-state index is 10.7. The molecule has 0 bridgehead atoms. The normalized spacial score (nSPS) is 12.5. The maximum absolute atomic E-state index is 10.7. The van der Waals surface area contributed by atoms with Crippen LogP contribution in [0.2, 0.25) is 0 Å². The van der Waals surface area contributed by atoms with Crippen LogP contribution in [0.4, 0.5) is 0 Å². The van der Waals surface area contributed by atoms with Gasteiger partial charge in [0.05, 0.1) is 5.92 Å². The van der Waals surface area contributed by atoms with Crippen LogP contribution in [0.15, 0.2) is 12.3 Å². The molecule has 1 N–H and O–H groups in total. The Morgan fingerprint density at radius 1 is 1.57 bits per heavy atom. The minimum absolute atomic E-state index is 0.338. The standard InChI is InChI=1S/C11H15NO2/c1-7(11(13)14)6-10-4-5-12-9(3)8(10)2/h4-5,7H,6H2,1-3H3,(H,13,14). The molecule has 14 heavy (non-hydrogen) atoms. The third-order valence-corrected chi connectivity index (χ3v) is 2.52. The van der Waals surface area contributed by atoms with Crippen LogP contribution in [0.5, 0.6) is 0 Å². The van der Waals surface area contributed by atoms with E-state index >= 15 is 0 Å². The predicted molar refractivity (Wildman–Crippen MR) is 54.2 cm³/mol. The highest BCUT2D eigenvalue weighted by Gasteiger charge is 2.13. The molecule has 3 heteroatoms. The van der Waals surface area contributed by atoms with E-state index in [4.69, 9.17) is 5.11 Å². The molecule has 0 amide bonds. The quantitative estimate of drug-likeness (QED) is 0.798. The van der Waals surface area contributed by atoms with E-state index in [1.165, 1.54) is 0 Å². The molecule has 0 radical (unpaired) electrons. The van der Waals surface area contributed by atoms with Gasteiger partial charge in [-0.1, -0.05) is 6.92 Å². The third kappa shape index (κ3) is 2.31. The number of aliphatic carboxylic acids is 1. The third-order valence-electron chi connectivity index (χ3n) is 2.52. The van der Waals surface area contributed by atoms with E-state index in [0.717, 1.165) is 16.8 Å². The van der Waals surface area contributed by atoms with Gasteiger partial charge in [0.15, 0.2) is 0 Å². The highest BCUT2D eigenvalue weighted by atomic mass is 16.4.